The molecule has 0 amide bonds. The number of esters is 1. The van der Waals surface area contributed by atoms with Gasteiger partial charge in [-0.1, -0.05) is 6.07 Å². The highest BCUT2D eigenvalue weighted by Crippen LogP contribution is 2.23. The molecule has 3 heterocycles. The number of hydrogen-bond acceptors (Lipinski definition) is 6. The van der Waals surface area contributed by atoms with Gasteiger partial charge < -0.3 is 9.72 Å². The molecule has 0 aliphatic rings. The number of aromatic nitrogens is 3. The van der Waals surface area contributed by atoms with Gasteiger partial charge in [0.05, 0.1) is 18.1 Å². The van der Waals surface area contributed by atoms with E-state index in [0.29, 0.717) is 16.3 Å². The number of carbonyl (C=O) groups is 1. The standard InChI is InChI=1S/C13H9N3O3S/c1-19-13(18)7-6-20-12-9(7)11(17)15-10(16-12)8-4-2-3-5-14-8/h2-6H,1H3,(H,15,16,17). The van der Waals surface area contributed by atoms with E-state index < -0.39 is 5.97 Å². The third-order valence-corrected chi connectivity index (χ3v) is 3.63. The lowest BCUT2D eigenvalue weighted by molar-refractivity contribution is 0.0603. The third kappa shape index (κ3) is 1.97. The number of rotatable bonds is 2. The van der Waals surface area contributed by atoms with E-state index in [0.717, 1.165) is 0 Å². The summed E-state index contributed by atoms with van der Waals surface area (Å²) in [6.07, 6.45) is 1.62. The Balaban J connectivity index is 2.23. The molecule has 0 aliphatic heterocycles. The molecule has 0 saturated carbocycles. The van der Waals surface area contributed by atoms with Crippen molar-refractivity contribution in [1.82, 2.24) is 15.0 Å². The molecular weight excluding hydrogens is 278 g/mol. The Labute approximate surface area is 117 Å². The monoisotopic (exact) mass is 287 g/mol. The van der Waals surface area contributed by atoms with E-state index in [1.807, 2.05) is 0 Å². The number of aromatic amines is 1. The van der Waals surface area contributed by atoms with Crippen LogP contribution in [-0.2, 0) is 4.74 Å². The van der Waals surface area contributed by atoms with Crippen molar-refractivity contribution in [3.8, 4) is 11.5 Å². The highest BCUT2D eigenvalue weighted by atomic mass is 32.1. The number of ether oxygens (including phenoxy) is 1. The fraction of sp³-hybridized carbons (Fsp3) is 0.0769. The number of methoxy groups -OCH3 is 1. The number of thiophene rings is 1. The van der Waals surface area contributed by atoms with Gasteiger partial charge in [-0.15, -0.1) is 11.3 Å². The molecule has 0 bridgehead atoms. The highest BCUT2D eigenvalue weighted by molar-refractivity contribution is 7.17. The molecule has 0 saturated heterocycles. The van der Waals surface area contributed by atoms with E-state index in [-0.39, 0.29) is 16.5 Å². The van der Waals surface area contributed by atoms with Crippen molar-refractivity contribution >= 4 is 27.5 Å². The Kier molecular flexibility index (Phi) is 3.03. The van der Waals surface area contributed by atoms with Crippen LogP contribution in [0.1, 0.15) is 10.4 Å². The fourth-order valence-electron chi connectivity index (χ4n) is 1.83. The van der Waals surface area contributed by atoms with Crippen LogP contribution in [0, 0.1) is 0 Å². The second-order valence-electron chi connectivity index (χ2n) is 3.95. The summed E-state index contributed by atoms with van der Waals surface area (Å²) in [5.41, 5.74) is 0.422. The van der Waals surface area contributed by atoms with Crippen molar-refractivity contribution in [2.45, 2.75) is 0 Å². The molecule has 3 rings (SSSR count). The van der Waals surface area contributed by atoms with Crippen molar-refractivity contribution in [2.75, 3.05) is 7.11 Å². The number of hydrogen-bond donors (Lipinski definition) is 1. The van der Waals surface area contributed by atoms with Gasteiger partial charge in [0, 0.05) is 11.6 Å². The van der Waals surface area contributed by atoms with Crippen LogP contribution < -0.4 is 5.56 Å². The minimum Gasteiger partial charge on any atom is -0.465 e. The number of nitrogens with zero attached hydrogens (tertiary/aromatic N) is 2. The van der Waals surface area contributed by atoms with Gasteiger partial charge in [-0.05, 0) is 12.1 Å². The maximum absolute atomic E-state index is 12.2. The molecule has 0 atom stereocenters. The third-order valence-electron chi connectivity index (χ3n) is 2.76. The maximum atomic E-state index is 12.2. The topological polar surface area (TPSA) is 84.9 Å². The van der Waals surface area contributed by atoms with Gasteiger partial charge in [-0.25, -0.2) is 9.78 Å². The molecule has 0 radical (unpaired) electrons. The Morgan fingerprint density at radius 2 is 2.25 bits per heavy atom. The normalized spacial score (nSPS) is 10.7. The van der Waals surface area contributed by atoms with Crippen molar-refractivity contribution < 1.29 is 9.53 Å². The van der Waals surface area contributed by atoms with Crippen molar-refractivity contribution in [3.63, 3.8) is 0 Å². The van der Waals surface area contributed by atoms with Gasteiger partial charge in [0.25, 0.3) is 5.56 Å². The first-order valence-electron chi connectivity index (χ1n) is 5.72. The summed E-state index contributed by atoms with van der Waals surface area (Å²) in [4.78, 5) is 35.3. The molecule has 0 aromatic carbocycles. The average Bonchev–Trinajstić information content (AvgIpc) is 2.92. The summed E-state index contributed by atoms with van der Waals surface area (Å²) in [7, 11) is 1.27. The Hall–Kier alpha value is -2.54. The number of pyridine rings is 1. The van der Waals surface area contributed by atoms with E-state index in [9.17, 15) is 9.59 Å². The summed E-state index contributed by atoms with van der Waals surface area (Å²) in [5.74, 6) is -0.171. The zero-order chi connectivity index (χ0) is 14.1. The van der Waals surface area contributed by atoms with E-state index in [2.05, 4.69) is 19.7 Å². The first kappa shape index (κ1) is 12.5. The van der Waals surface area contributed by atoms with Crippen LogP contribution in [0.4, 0.5) is 0 Å². The Bertz CT molecular complexity index is 839. The predicted molar refractivity (Wildman–Crippen MR) is 74.8 cm³/mol. The summed E-state index contributed by atoms with van der Waals surface area (Å²) in [6, 6.07) is 5.33. The number of fused-ring (bicyclic) bond motifs is 1. The lowest BCUT2D eigenvalue weighted by Crippen LogP contribution is -2.12. The molecule has 0 fully saturated rings. The zero-order valence-electron chi connectivity index (χ0n) is 10.4. The number of carbonyl (C=O) groups excluding carboxylic acids is 1. The molecule has 1 N–H and O–H groups in total. The molecule has 100 valence electrons. The fourth-order valence-corrected chi connectivity index (χ4v) is 2.74. The minimum atomic E-state index is -0.547. The van der Waals surface area contributed by atoms with E-state index in [1.54, 1.807) is 29.8 Å². The van der Waals surface area contributed by atoms with Gasteiger partial charge in [0.1, 0.15) is 10.5 Å². The Morgan fingerprint density at radius 3 is 2.95 bits per heavy atom. The van der Waals surface area contributed by atoms with Crippen molar-refractivity contribution in [3.05, 3.63) is 45.7 Å². The van der Waals surface area contributed by atoms with Gasteiger partial charge in [0.2, 0.25) is 0 Å². The molecule has 0 aliphatic carbocycles. The molecule has 3 aromatic rings. The van der Waals surface area contributed by atoms with Crippen LogP contribution in [0.25, 0.3) is 21.7 Å². The molecule has 7 heteroatoms. The largest absolute Gasteiger partial charge is 0.465 e. The smallest absolute Gasteiger partial charge is 0.339 e. The molecule has 0 unspecified atom stereocenters. The summed E-state index contributed by atoms with van der Waals surface area (Å²) >= 11 is 1.22. The first-order chi connectivity index (χ1) is 9.70. The molecular formula is C13H9N3O3S. The van der Waals surface area contributed by atoms with Gasteiger partial charge in [-0.2, -0.15) is 0 Å². The van der Waals surface area contributed by atoms with Crippen LogP contribution >= 0.6 is 11.3 Å². The zero-order valence-corrected chi connectivity index (χ0v) is 11.2. The van der Waals surface area contributed by atoms with Crippen LogP contribution in [0.5, 0.6) is 0 Å². The minimum absolute atomic E-state index is 0.230. The lowest BCUT2D eigenvalue weighted by atomic mass is 10.2. The number of nitrogens with one attached hydrogen (secondary N) is 1. The van der Waals surface area contributed by atoms with E-state index in [4.69, 9.17) is 0 Å². The van der Waals surface area contributed by atoms with Crippen molar-refractivity contribution in [1.29, 1.82) is 0 Å². The second kappa shape index (κ2) is 4.86. The average molecular weight is 287 g/mol. The molecule has 3 aromatic heterocycles. The van der Waals surface area contributed by atoms with Crippen LogP contribution in [0.3, 0.4) is 0 Å². The first-order valence-corrected chi connectivity index (χ1v) is 6.60. The molecule has 20 heavy (non-hydrogen) atoms. The lowest BCUT2D eigenvalue weighted by Gasteiger charge is -2.00. The van der Waals surface area contributed by atoms with Crippen molar-refractivity contribution in [2.24, 2.45) is 0 Å². The quantitative estimate of drug-likeness (QED) is 0.727. The summed E-state index contributed by atoms with van der Waals surface area (Å²) in [6.45, 7) is 0. The van der Waals surface area contributed by atoms with Gasteiger partial charge in [0.15, 0.2) is 5.82 Å². The van der Waals surface area contributed by atoms with Gasteiger partial charge in [-0.3, -0.25) is 9.78 Å². The Morgan fingerprint density at radius 1 is 1.40 bits per heavy atom. The van der Waals surface area contributed by atoms with Crippen LogP contribution in [0.15, 0.2) is 34.6 Å². The van der Waals surface area contributed by atoms with E-state index in [1.165, 1.54) is 18.4 Å². The highest BCUT2D eigenvalue weighted by Gasteiger charge is 2.17. The second-order valence-corrected chi connectivity index (χ2v) is 4.81. The molecule has 6 nitrogen and oxygen atoms in total. The van der Waals surface area contributed by atoms with Crippen LogP contribution in [0.2, 0.25) is 0 Å². The van der Waals surface area contributed by atoms with Crippen LogP contribution in [-0.4, -0.2) is 28.0 Å². The number of H-pyrrole nitrogens is 1. The summed E-state index contributed by atoms with van der Waals surface area (Å²) < 4.78 is 4.65. The SMILES string of the molecule is COC(=O)c1csc2nc(-c3ccccn3)[nH]c(=O)c12. The maximum Gasteiger partial charge on any atom is 0.339 e. The van der Waals surface area contributed by atoms with E-state index >= 15 is 0 Å². The predicted octanol–water partition coefficient (Wildman–Crippen LogP) is 1.83. The molecule has 0 spiro atoms. The van der Waals surface area contributed by atoms with Gasteiger partial charge >= 0.3 is 5.97 Å². The summed E-state index contributed by atoms with van der Waals surface area (Å²) in [5, 5.41) is 1.82.